The number of carboxylic acid groups (broad SMARTS) is 1. The summed E-state index contributed by atoms with van der Waals surface area (Å²) in [6.07, 6.45) is -1.87. The molecule has 2 aliphatic heterocycles. The molecule has 2 aromatic heterocycles. The van der Waals surface area contributed by atoms with E-state index < -0.39 is 18.0 Å². The zero-order valence-electron chi connectivity index (χ0n) is 15.8. The Bertz CT molecular complexity index is 849. The molecule has 4 heterocycles. The van der Waals surface area contributed by atoms with Gasteiger partial charge >= 0.3 is 12.1 Å². The molecular formula is C19H20F4N2O4S. The number of nitrogens with zero attached hydrogens (tertiary/aromatic N) is 2. The minimum Gasteiger partial charge on any atom is -0.475 e. The van der Waals surface area contributed by atoms with Gasteiger partial charge in [-0.15, -0.1) is 0 Å². The van der Waals surface area contributed by atoms with E-state index in [1.54, 1.807) is 23.6 Å². The lowest BCUT2D eigenvalue weighted by Gasteiger charge is -2.23. The van der Waals surface area contributed by atoms with E-state index in [-0.39, 0.29) is 17.6 Å². The molecule has 0 aliphatic carbocycles. The van der Waals surface area contributed by atoms with Crippen molar-refractivity contribution in [1.29, 1.82) is 0 Å². The summed E-state index contributed by atoms with van der Waals surface area (Å²) in [6.45, 7) is 3.41. The van der Waals surface area contributed by atoms with E-state index in [1.165, 1.54) is 11.6 Å². The van der Waals surface area contributed by atoms with Crippen LogP contribution in [0.15, 0.2) is 35.2 Å². The highest BCUT2D eigenvalue weighted by Crippen LogP contribution is 2.37. The van der Waals surface area contributed by atoms with Crippen LogP contribution in [0, 0.1) is 5.82 Å². The number of ether oxygens (including phenoxy) is 2. The summed E-state index contributed by atoms with van der Waals surface area (Å²) in [5.74, 6) is -3.10. The van der Waals surface area contributed by atoms with Crippen LogP contribution in [-0.4, -0.2) is 58.5 Å². The molecule has 1 N–H and O–H groups in total. The molecule has 2 atom stereocenters. The quantitative estimate of drug-likeness (QED) is 0.719. The van der Waals surface area contributed by atoms with Gasteiger partial charge in [0.1, 0.15) is 6.10 Å². The zero-order valence-corrected chi connectivity index (χ0v) is 16.6. The molecule has 2 fully saturated rings. The van der Waals surface area contributed by atoms with Crippen LogP contribution in [0.2, 0.25) is 0 Å². The smallest absolute Gasteiger partial charge is 0.475 e. The van der Waals surface area contributed by atoms with Crippen LogP contribution < -0.4 is 4.74 Å². The zero-order chi connectivity index (χ0) is 21.8. The number of hydrogen-bond acceptors (Lipinski definition) is 6. The summed E-state index contributed by atoms with van der Waals surface area (Å²) >= 11 is 1.73. The Labute approximate surface area is 174 Å². The van der Waals surface area contributed by atoms with Gasteiger partial charge in [-0.05, 0) is 40.9 Å². The van der Waals surface area contributed by atoms with Crippen molar-refractivity contribution in [3.05, 3.63) is 46.5 Å². The molecular weight excluding hydrogens is 428 g/mol. The van der Waals surface area contributed by atoms with Crippen molar-refractivity contribution in [3.8, 4) is 5.88 Å². The van der Waals surface area contributed by atoms with Crippen molar-refractivity contribution in [2.45, 2.75) is 37.3 Å². The molecule has 6 nitrogen and oxygen atoms in total. The maximum absolute atomic E-state index is 13.6. The first kappa shape index (κ1) is 22.4. The second-order valence-corrected chi connectivity index (χ2v) is 7.90. The maximum Gasteiger partial charge on any atom is 0.490 e. The average Bonchev–Trinajstić information content (AvgIpc) is 3.41. The first-order valence-corrected chi connectivity index (χ1v) is 10.1. The summed E-state index contributed by atoms with van der Waals surface area (Å²) < 4.78 is 57.2. The molecule has 0 amide bonds. The molecule has 164 valence electrons. The molecule has 4 rings (SSSR count). The lowest BCUT2D eigenvalue weighted by atomic mass is 9.98. The first-order chi connectivity index (χ1) is 14.2. The third-order valence-corrected chi connectivity index (χ3v) is 5.53. The fourth-order valence-corrected chi connectivity index (χ4v) is 4.14. The van der Waals surface area contributed by atoms with E-state index in [4.69, 9.17) is 19.4 Å². The number of halogens is 4. The fourth-order valence-electron chi connectivity index (χ4n) is 3.48. The largest absolute Gasteiger partial charge is 0.490 e. The van der Waals surface area contributed by atoms with Gasteiger partial charge in [0.25, 0.3) is 5.88 Å². The number of pyridine rings is 1. The van der Waals surface area contributed by atoms with Crippen LogP contribution in [0.1, 0.15) is 18.4 Å². The normalized spacial score (nSPS) is 23.9. The van der Waals surface area contributed by atoms with Crippen molar-refractivity contribution in [2.75, 3.05) is 19.7 Å². The van der Waals surface area contributed by atoms with E-state index in [9.17, 15) is 17.6 Å². The van der Waals surface area contributed by atoms with Crippen molar-refractivity contribution in [2.24, 2.45) is 0 Å². The summed E-state index contributed by atoms with van der Waals surface area (Å²) in [7, 11) is 0. The van der Waals surface area contributed by atoms with Gasteiger partial charge in [-0.1, -0.05) is 0 Å². The maximum atomic E-state index is 13.6. The van der Waals surface area contributed by atoms with Gasteiger partial charge in [0, 0.05) is 32.3 Å². The van der Waals surface area contributed by atoms with Gasteiger partial charge in [-0.25, -0.2) is 14.2 Å². The number of aromatic nitrogens is 1. The second kappa shape index (κ2) is 9.27. The van der Waals surface area contributed by atoms with Crippen LogP contribution in [0.3, 0.4) is 0 Å². The number of carbonyl (C=O) groups is 1. The second-order valence-electron chi connectivity index (χ2n) is 7.12. The predicted molar refractivity (Wildman–Crippen MR) is 99.8 cm³/mol. The summed E-state index contributed by atoms with van der Waals surface area (Å²) in [6, 6.07) is 5.10. The Hall–Kier alpha value is -2.24. The molecule has 0 saturated carbocycles. The minimum atomic E-state index is -5.08. The van der Waals surface area contributed by atoms with Crippen LogP contribution in [0.5, 0.6) is 5.88 Å². The van der Waals surface area contributed by atoms with Crippen molar-refractivity contribution >= 4 is 17.3 Å². The number of alkyl halides is 3. The van der Waals surface area contributed by atoms with E-state index in [1.807, 2.05) is 0 Å². The summed E-state index contributed by atoms with van der Waals surface area (Å²) in [5, 5.41) is 11.4. The fraction of sp³-hybridized carbons (Fsp3) is 0.474. The van der Waals surface area contributed by atoms with E-state index >= 15 is 0 Å². The summed E-state index contributed by atoms with van der Waals surface area (Å²) in [5.41, 5.74) is 1.21. The van der Waals surface area contributed by atoms with Gasteiger partial charge in [-0.2, -0.15) is 24.5 Å². The average molecular weight is 448 g/mol. The van der Waals surface area contributed by atoms with Crippen LogP contribution in [-0.2, 0) is 16.1 Å². The van der Waals surface area contributed by atoms with Crippen molar-refractivity contribution in [3.63, 3.8) is 0 Å². The highest BCUT2D eigenvalue weighted by atomic mass is 32.1. The molecule has 30 heavy (non-hydrogen) atoms. The topological polar surface area (TPSA) is 71.9 Å². The Morgan fingerprint density at radius 2 is 2.20 bits per heavy atom. The lowest BCUT2D eigenvalue weighted by Crippen LogP contribution is -2.33. The van der Waals surface area contributed by atoms with Crippen LogP contribution in [0.4, 0.5) is 17.6 Å². The minimum absolute atomic E-state index is 0.0753. The Balaban J connectivity index is 0.000000318. The Kier molecular flexibility index (Phi) is 6.94. The molecule has 0 unspecified atom stereocenters. The van der Waals surface area contributed by atoms with E-state index in [0.717, 1.165) is 32.5 Å². The first-order valence-electron chi connectivity index (χ1n) is 9.11. The molecule has 2 aromatic rings. The number of thiophene rings is 1. The number of carboxylic acids is 1. The third kappa shape index (κ3) is 5.89. The Morgan fingerprint density at radius 3 is 2.83 bits per heavy atom. The van der Waals surface area contributed by atoms with Gasteiger partial charge in [0.2, 0.25) is 0 Å². The SMILES string of the molecule is Fc1cccnc1O[C@@H]1CO[C@@]2(CCN(Cc3ccsc3)C2)C1.O=C(O)C(F)(F)F. The van der Waals surface area contributed by atoms with Gasteiger partial charge in [0.05, 0.1) is 12.2 Å². The summed E-state index contributed by atoms with van der Waals surface area (Å²) in [4.78, 5) is 15.3. The standard InChI is InChI=1S/C17H19FN2O2S.C2HF3O2/c18-15-2-1-5-19-16(15)22-14-8-17(21-10-14)4-6-20(12-17)9-13-3-7-23-11-13;3-2(4,5)1(6)7/h1-3,5,7,11,14H,4,6,8-10,12H2;(H,6,7)/t14-,17-;/m0./s1. The molecule has 1 spiro atoms. The highest BCUT2D eigenvalue weighted by Gasteiger charge is 2.46. The van der Waals surface area contributed by atoms with Gasteiger partial charge < -0.3 is 14.6 Å². The molecule has 0 radical (unpaired) electrons. The highest BCUT2D eigenvalue weighted by molar-refractivity contribution is 7.07. The van der Waals surface area contributed by atoms with Crippen LogP contribution in [0.25, 0.3) is 0 Å². The Morgan fingerprint density at radius 1 is 1.43 bits per heavy atom. The third-order valence-electron chi connectivity index (χ3n) is 4.80. The molecule has 0 bridgehead atoms. The van der Waals surface area contributed by atoms with Crippen molar-refractivity contribution in [1.82, 2.24) is 9.88 Å². The number of likely N-dealkylation sites (tertiary alicyclic amines) is 1. The van der Waals surface area contributed by atoms with Gasteiger partial charge in [0.15, 0.2) is 5.82 Å². The van der Waals surface area contributed by atoms with Crippen LogP contribution >= 0.6 is 11.3 Å². The predicted octanol–water partition coefficient (Wildman–Crippen LogP) is 3.73. The monoisotopic (exact) mass is 448 g/mol. The van der Waals surface area contributed by atoms with Gasteiger partial charge in [-0.3, -0.25) is 4.90 Å². The molecule has 2 aliphatic rings. The number of rotatable bonds is 4. The molecule has 0 aromatic carbocycles. The lowest BCUT2D eigenvalue weighted by molar-refractivity contribution is -0.192. The number of hydrogen-bond donors (Lipinski definition) is 1. The van der Waals surface area contributed by atoms with E-state index in [0.29, 0.717) is 6.61 Å². The number of aliphatic carboxylic acids is 1. The molecule has 2 saturated heterocycles. The van der Waals surface area contributed by atoms with E-state index in [2.05, 4.69) is 26.7 Å². The van der Waals surface area contributed by atoms with Crippen molar-refractivity contribution < 1.29 is 36.9 Å². The molecule has 11 heteroatoms.